The van der Waals surface area contributed by atoms with E-state index in [1.54, 1.807) is 12.1 Å². The van der Waals surface area contributed by atoms with Crippen LogP contribution in [-0.2, 0) is 10.4 Å². The van der Waals surface area contributed by atoms with Crippen LogP contribution in [0.4, 0.5) is 5.69 Å². The van der Waals surface area contributed by atoms with Crippen LogP contribution in [0.5, 0.6) is 0 Å². The van der Waals surface area contributed by atoms with E-state index in [0.29, 0.717) is 23.6 Å². The average molecular weight is 426 g/mol. The van der Waals surface area contributed by atoms with Crippen LogP contribution in [0.15, 0.2) is 64.1 Å². The van der Waals surface area contributed by atoms with Crippen molar-refractivity contribution in [1.29, 1.82) is 0 Å². The monoisotopic (exact) mass is 425 g/mol. The summed E-state index contributed by atoms with van der Waals surface area (Å²) in [6, 6.07) is 14.6. The van der Waals surface area contributed by atoms with Crippen LogP contribution in [0.25, 0.3) is 17.0 Å². The third kappa shape index (κ3) is 2.54. The molecule has 1 N–H and O–H groups in total. The van der Waals surface area contributed by atoms with Gasteiger partial charge in [0.15, 0.2) is 0 Å². The number of hydrogen-bond acceptors (Lipinski definition) is 5. The molecule has 3 aromatic rings. The van der Waals surface area contributed by atoms with Gasteiger partial charge in [-0.15, -0.1) is 0 Å². The average Bonchev–Trinajstić information content (AvgIpc) is 3.26. The predicted octanol–water partition coefficient (Wildman–Crippen LogP) is 3.77. The van der Waals surface area contributed by atoms with Gasteiger partial charge in [-0.1, -0.05) is 54.2 Å². The van der Waals surface area contributed by atoms with E-state index >= 15 is 0 Å². The maximum Gasteiger partial charge on any atom is 0.268 e. The minimum absolute atomic E-state index is 0.0218. The highest BCUT2D eigenvalue weighted by molar-refractivity contribution is 9.10. The molecule has 27 heavy (non-hydrogen) atoms. The van der Waals surface area contributed by atoms with Gasteiger partial charge in [-0.2, -0.15) is 4.98 Å². The molecule has 0 aliphatic carbocycles. The Kier molecular flexibility index (Phi) is 4.20. The van der Waals surface area contributed by atoms with Crippen LogP contribution in [0.3, 0.4) is 0 Å². The topological polar surface area (TPSA) is 79.5 Å². The predicted molar refractivity (Wildman–Crippen MR) is 105 cm³/mol. The molecule has 7 heteroatoms. The summed E-state index contributed by atoms with van der Waals surface area (Å²) in [6.45, 7) is 6.17. The van der Waals surface area contributed by atoms with Crippen molar-refractivity contribution in [3.8, 4) is 11.4 Å². The largest absolute Gasteiger partial charge is 0.372 e. The minimum Gasteiger partial charge on any atom is -0.372 e. The number of amides is 1. The molecule has 0 radical (unpaired) electrons. The zero-order chi connectivity index (χ0) is 19.2. The Labute approximate surface area is 164 Å². The molecule has 1 unspecified atom stereocenters. The Hall–Kier alpha value is -2.77. The molecule has 1 aliphatic rings. The van der Waals surface area contributed by atoms with Crippen LogP contribution in [0.2, 0.25) is 0 Å². The maximum atomic E-state index is 13.1. The number of rotatable bonds is 4. The van der Waals surface area contributed by atoms with Crippen LogP contribution >= 0.6 is 15.9 Å². The first-order chi connectivity index (χ1) is 13.0. The van der Waals surface area contributed by atoms with Crippen molar-refractivity contribution >= 4 is 33.1 Å². The molecule has 0 fully saturated rings. The van der Waals surface area contributed by atoms with E-state index in [4.69, 9.17) is 4.52 Å². The summed E-state index contributed by atoms with van der Waals surface area (Å²) in [5.41, 5.74) is -0.0826. The first-order valence-corrected chi connectivity index (χ1v) is 9.20. The Morgan fingerprint density at radius 2 is 2.00 bits per heavy atom. The molecule has 6 nitrogen and oxygen atoms in total. The van der Waals surface area contributed by atoms with Crippen molar-refractivity contribution in [2.75, 3.05) is 11.4 Å². The van der Waals surface area contributed by atoms with Gasteiger partial charge < -0.3 is 14.5 Å². The van der Waals surface area contributed by atoms with E-state index in [9.17, 15) is 9.90 Å². The quantitative estimate of drug-likeness (QED) is 0.687. The third-order valence-electron chi connectivity index (χ3n) is 4.67. The number of anilines is 1. The Balaban J connectivity index is 1.79. The van der Waals surface area contributed by atoms with Gasteiger partial charge in [0.05, 0.1) is 11.3 Å². The van der Waals surface area contributed by atoms with Crippen molar-refractivity contribution in [3.63, 3.8) is 0 Å². The first kappa shape index (κ1) is 17.6. The fourth-order valence-electron chi connectivity index (χ4n) is 3.29. The van der Waals surface area contributed by atoms with Gasteiger partial charge in [0, 0.05) is 22.1 Å². The number of aromatic nitrogens is 2. The lowest BCUT2D eigenvalue weighted by atomic mass is 9.88. The van der Waals surface area contributed by atoms with E-state index in [-0.39, 0.29) is 11.5 Å². The Morgan fingerprint density at radius 1 is 1.26 bits per heavy atom. The molecular formula is C20H16BrN3O3. The molecule has 2 aromatic carbocycles. The molecule has 0 bridgehead atoms. The lowest BCUT2D eigenvalue weighted by Gasteiger charge is -2.22. The lowest BCUT2D eigenvalue weighted by Crippen LogP contribution is -2.41. The van der Waals surface area contributed by atoms with Crippen LogP contribution in [0, 0.1) is 0 Å². The summed E-state index contributed by atoms with van der Waals surface area (Å²) in [5.74, 6) is -0.104. The number of carbonyl (C=O) groups excluding carboxylic acids is 1. The molecular weight excluding hydrogens is 410 g/mol. The Morgan fingerprint density at radius 3 is 2.70 bits per heavy atom. The maximum absolute atomic E-state index is 13.1. The number of benzene rings is 2. The van der Waals surface area contributed by atoms with Gasteiger partial charge in [0.25, 0.3) is 11.8 Å². The summed E-state index contributed by atoms with van der Waals surface area (Å²) >= 11 is 3.46. The first-order valence-electron chi connectivity index (χ1n) is 8.40. The third-order valence-corrected chi connectivity index (χ3v) is 5.31. The van der Waals surface area contributed by atoms with Crippen LogP contribution < -0.4 is 4.90 Å². The van der Waals surface area contributed by atoms with Gasteiger partial charge in [0.2, 0.25) is 11.4 Å². The fraction of sp³-hybridized carbons (Fsp3) is 0.150. The normalized spacial score (nSPS) is 18.6. The molecule has 0 saturated carbocycles. The molecule has 1 aliphatic heterocycles. The summed E-state index contributed by atoms with van der Waals surface area (Å²) < 4.78 is 6.03. The summed E-state index contributed by atoms with van der Waals surface area (Å²) in [5, 5.41) is 15.4. The van der Waals surface area contributed by atoms with E-state index < -0.39 is 11.5 Å². The summed E-state index contributed by atoms with van der Waals surface area (Å²) in [6.07, 6.45) is 0. The number of halogens is 1. The molecule has 1 aromatic heterocycles. The number of nitrogens with zero attached hydrogens (tertiary/aromatic N) is 3. The molecule has 136 valence electrons. The second-order valence-electron chi connectivity index (χ2n) is 6.16. The molecule has 1 atom stereocenters. The van der Waals surface area contributed by atoms with Crippen molar-refractivity contribution in [2.45, 2.75) is 12.5 Å². The van der Waals surface area contributed by atoms with Crippen molar-refractivity contribution in [3.05, 3.63) is 71.0 Å². The fourth-order valence-corrected chi connectivity index (χ4v) is 3.87. The molecule has 0 saturated heterocycles. The smallest absolute Gasteiger partial charge is 0.268 e. The number of hydrogen-bond donors (Lipinski definition) is 1. The number of carbonyl (C=O) groups is 1. The van der Waals surface area contributed by atoms with Gasteiger partial charge in [0.1, 0.15) is 0 Å². The van der Waals surface area contributed by atoms with Crippen molar-refractivity contribution in [1.82, 2.24) is 10.1 Å². The van der Waals surface area contributed by atoms with Crippen LogP contribution in [-0.4, -0.2) is 27.7 Å². The van der Waals surface area contributed by atoms with Crippen molar-refractivity contribution in [2.24, 2.45) is 0 Å². The second kappa shape index (κ2) is 6.44. The van der Waals surface area contributed by atoms with Crippen molar-refractivity contribution < 1.29 is 14.4 Å². The van der Waals surface area contributed by atoms with E-state index in [1.807, 2.05) is 43.3 Å². The van der Waals surface area contributed by atoms with Gasteiger partial charge >= 0.3 is 0 Å². The second-order valence-corrected chi connectivity index (χ2v) is 7.02. The standard InChI is InChI=1S/C20H16BrN3O3/c1-3-24-16-14(10-7-11-15(16)21)20(26,19(24)25)12(2)18-22-17(23-27-18)13-8-5-4-6-9-13/h4-11,26H,2-3H2,1H3. The summed E-state index contributed by atoms with van der Waals surface area (Å²) in [4.78, 5) is 18.9. The highest BCUT2D eigenvalue weighted by Gasteiger charge is 2.53. The highest BCUT2D eigenvalue weighted by atomic mass is 79.9. The van der Waals surface area contributed by atoms with Crippen LogP contribution in [0.1, 0.15) is 18.4 Å². The number of aliphatic hydroxyl groups is 1. The zero-order valence-corrected chi connectivity index (χ0v) is 16.1. The van der Waals surface area contributed by atoms with E-state index in [0.717, 1.165) is 10.0 Å². The molecule has 1 amide bonds. The number of likely N-dealkylation sites (N-methyl/N-ethyl adjacent to an activating group) is 1. The zero-order valence-electron chi connectivity index (χ0n) is 14.5. The number of para-hydroxylation sites is 1. The van der Waals surface area contributed by atoms with E-state index in [2.05, 4.69) is 32.6 Å². The van der Waals surface area contributed by atoms with E-state index in [1.165, 1.54) is 4.90 Å². The molecule has 2 heterocycles. The highest BCUT2D eigenvalue weighted by Crippen LogP contribution is 2.49. The molecule has 0 spiro atoms. The number of fused-ring (bicyclic) bond motifs is 1. The minimum atomic E-state index is -1.96. The molecule has 4 rings (SSSR count). The van der Waals surface area contributed by atoms with Gasteiger partial charge in [-0.3, -0.25) is 4.79 Å². The Bertz CT molecular complexity index is 1050. The summed E-state index contributed by atoms with van der Waals surface area (Å²) in [7, 11) is 0. The van der Waals surface area contributed by atoms with Gasteiger partial charge in [-0.25, -0.2) is 0 Å². The lowest BCUT2D eigenvalue weighted by molar-refractivity contribution is -0.130. The van der Waals surface area contributed by atoms with Gasteiger partial charge in [-0.05, 0) is 28.9 Å². The SMILES string of the molecule is C=C(c1nc(-c2ccccc2)no1)C1(O)C(=O)N(CC)c2c(Br)cccc21.